The minimum atomic E-state index is -0.805. The summed E-state index contributed by atoms with van der Waals surface area (Å²) in [5.74, 6) is -0.456. The van der Waals surface area contributed by atoms with E-state index in [2.05, 4.69) is 21.2 Å². The molecule has 120 valence electrons. The number of carbonyl (C=O) groups is 2. The standard InChI is InChI=1S/C17H16BrNO4/c1-12(23-15-9-7-13(18)8-10-15)17(21)22-11-16(20)19-14-5-3-2-4-6-14/h2-10,12H,11H2,1H3,(H,19,20)/t12-/m0/s1. The number of benzene rings is 2. The Kier molecular flexibility index (Phi) is 6.17. The zero-order chi connectivity index (χ0) is 16.7. The number of esters is 1. The second-order valence-corrected chi connectivity index (χ2v) is 5.65. The molecule has 0 aromatic heterocycles. The maximum atomic E-state index is 11.8. The third-order valence-electron chi connectivity index (χ3n) is 2.86. The first-order valence-electron chi connectivity index (χ1n) is 6.98. The van der Waals surface area contributed by atoms with Crippen LogP contribution < -0.4 is 10.1 Å². The number of anilines is 1. The zero-order valence-electron chi connectivity index (χ0n) is 12.5. The van der Waals surface area contributed by atoms with Gasteiger partial charge in [-0.2, -0.15) is 0 Å². The summed E-state index contributed by atoms with van der Waals surface area (Å²) >= 11 is 3.32. The number of hydrogen-bond donors (Lipinski definition) is 1. The summed E-state index contributed by atoms with van der Waals surface area (Å²) in [7, 11) is 0. The third kappa shape index (κ3) is 5.75. The third-order valence-corrected chi connectivity index (χ3v) is 3.39. The molecule has 0 bridgehead atoms. The fraction of sp³-hybridized carbons (Fsp3) is 0.176. The van der Waals surface area contributed by atoms with Gasteiger partial charge in [0.05, 0.1) is 0 Å². The van der Waals surface area contributed by atoms with Crippen LogP contribution in [-0.4, -0.2) is 24.6 Å². The zero-order valence-corrected chi connectivity index (χ0v) is 14.1. The van der Waals surface area contributed by atoms with E-state index in [4.69, 9.17) is 9.47 Å². The molecular weight excluding hydrogens is 362 g/mol. The topological polar surface area (TPSA) is 64.6 Å². The predicted octanol–water partition coefficient (Wildman–Crippen LogP) is 3.40. The number of amides is 1. The molecule has 6 heteroatoms. The highest BCUT2D eigenvalue weighted by atomic mass is 79.9. The van der Waals surface area contributed by atoms with Gasteiger partial charge in [-0.1, -0.05) is 34.1 Å². The van der Waals surface area contributed by atoms with E-state index in [0.717, 1.165) is 4.47 Å². The number of ether oxygens (including phenoxy) is 2. The molecule has 2 rings (SSSR count). The number of rotatable bonds is 6. The summed E-state index contributed by atoms with van der Waals surface area (Å²) in [4.78, 5) is 23.5. The Morgan fingerprint density at radius 2 is 1.74 bits per heavy atom. The highest BCUT2D eigenvalue weighted by Crippen LogP contribution is 2.17. The molecule has 0 saturated carbocycles. The van der Waals surface area contributed by atoms with Gasteiger partial charge < -0.3 is 14.8 Å². The molecule has 2 aromatic rings. The summed E-state index contributed by atoms with van der Waals surface area (Å²) in [6.45, 7) is 1.21. The van der Waals surface area contributed by atoms with Gasteiger partial charge in [0.2, 0.25) is 0 Å². The van der Waals surface area contributed by atoms with Crippen LogP contribution in [0.25, 0.3) is 0 Å². The van der Waals surface area contributed by atoms with Crippen LogP contribution in [0.5, 0.6) is 5.75 Å². The van der Waals surface area contributed by atoms with Crippen molar-refractivity contribution in [3.63, 3.8) is 0 Å². The van der Waals surface area contributed by atoms with Crippen LogP contribution in [0.4, 0.5) is 5.69 Å². The Morgan fingerprint density at radius 1 is 1.09 bits per heavy atom. The second-order valence-electron chi connectivity index (χ2n) is 4.74. The molecule has 0 aliphatic carbocycles. The van der Waals surface area contributed by atoms with Crippen molar-refractivity contribution in [3.05, 3.63) is 59.1 Å². The van der Waals surface area contributed by atoms with Gasteiger partial charge in [0, 0.05) is 10.2 Å². The van der Waals surface area contributed by atoms with E-state index in [1.54, 1.807) is 55.5 Å². The molecule has 0 fully saturated rings. The molecule has 1 atom stereocenters. The van der Waals surface area contributed by atoms with Crippen molar-refractivity contribution in [3.8, 4) is 5.75 Å². The predicted molar refractivity (Wildman–Crippen MR) is 90.3 cm³/mol. The lowest BCUT2D eigenvalue weighted by molar-refractivity contribution is -0.153. The second kappa shape index (κ2) is 8.33. The molecule has 0 aliphatic rings. The maximum absolute atomic E-state index is 11.8. The van der Waals surface area contributed by atoms with Gasteiger partial charge in [-0.25, -0.2) is 4.79 Å². The summed E-state index contributed by atoms with van der Waals surface area (Å²) < 4.78 is 11.3. The fourth-order valence-electron chi connectivity index (χ4n) is 1.74. The van der Waals surface area contributed by atoms with Crippen LogP contribution in [0.2, 0.25) is 0 Å². The van der Waals surface area contributed by atoms with Crippen molar-refractivity contribution in [2.75, 3.05) is 11.9 Å². The minimum absolute atomic E-state index is 0.359. The summed E-state index contributed by atoms with van der Waals surface area (Å²) in [5, 5.41) is 2.63. The van der Waals surface area contributed by atoms with Crippen molar-refractivity contribution < 1.29 is 19.1 Å². The first kappa shape index (κ1) is 17.0. The van der Waals surface area contributed by atoms with Crippen molar-refractivity contribution in [1.82, 2.24) is 0 Å². The van der Waals surface area contributed by atoms with E-state index in [1.807, 2.05) is 6.07 Å². The number of halogens is 1. The van der Waals surface area contributed by atoms with E-state index in [-0.39, 0.29) is 6.61 Å². The van der Waals surface area contributed by atoms with Gasteiger partial charge in [0.25, 0.3) is 5.91 Å². The van der Waals surface area contributed by atoms with Gasteiger partial charge in [0.15, 0.2) is 12.7 Å². The SMILES string of the molecule is C[C@H](Oc1ccc(Br)cc1)C(=O)OCC(=O)Nc1ccccc1. The van der Waals surface area contributed by atoms with Crippen LogP contribution in [0, 0.1) is 0 Å². The van der Waals surface area contributed by atoms with Gasteiger partial charge >= 0.3 is 5.97 Å². The monoisotopic (exact) mass is 377 g/mol. The summed E-state index contributed by atoms with van der Waals surface area (Å²) in [6.07, 6.45) is -0.805. The van der Waals surface area contributed by atoms with Crippen molar-refractivity contribution in [1.29, 1.82) is 0 Å². The molecule has 23 heavy (non-hydrogen) atoms. The van der Waals surface area contributed by atoms with E-state index < -0.39 is 18.0 Å². The van der Waals surface area contributed by atoms with E-state index in [1.165, 1.54) is 0 Å². The fourth-order valence-corrected chi connectivity index (χ4v) is 2.00. The number of nitrogens with one attached hydrogen (secondary N) is 1. The van der Waals surface area contributed by atoms with E-state index >= 15 is 0 Å². The molecule has 0 unspecified atom stereocenters. The normalized spacial score (nSPS) is 11.4. The van der Waals surface area contributed by atoms with Crippen LogP contribution >= 0.6 is 15.9 Å². The molecule has 0 radical (unpaired) electrons. The first-order valence-corrected chi connectivity index (χ1v) is 7.77. The lowest BCUT2D eigenvalue weighted by Crippen LogP contribution is -2.29. The molecule has 5 nitrogen and oxygen atoms in total. The average molecular weight is 378 g/mol. The number of hydrogen-bond acceptors (Lipinski definition) is 4. The Bertz CT molecular complexity index is 658. The number of para-hydroxylation sites is 1. The maximum Gasteiger partial charge on any atom is 0.347 e. The molecule has 1 N–H and O–H groups in total. The first-order chi connectivity index (χ1) is 11.0. The lowest BCUT2D eigenvalue weighted by atomic mass is 10.3. The average Bonchev–Trinajstić information content (AvgIpc) is 2.55. The van der Waals surface area contributed by atoms with E-state index in [9.17, 15) is 9.59 Å². The lowest BCUT2D eigenvalue weighted by Gasteiger charge is -2.14. The number of carbonyl (C=O) groups excluding carboxylic acids is 2. The molecule has 0 aliphatic heterocycles. The van der Waals surface area contributed by atoms with Gasteiger partial charge in [-0.05, 0) is 43.3 Å². The van der Waals surface area contributed by atoms with Crippen molar-refractivity contribution in [2.45, 2.75) is 13.0 Å². The Balaban J connectivity index is 1.77. The molecule has 0 heterocycles. The van der Waals surface area contributed by atoms with Crippen LogP contribution in [0.15, 0.2) is 59.1 Å². The molecular formula is C17H16BrNO4. The largest absolute Gasteiger partial charge is 0.479 e. The highest BCUT2D eigenvalue weighted by molar-refractivity contribution is 9.10. The quantitative estimate of drug-likeness (QED) is 0.783. The van der Waals surface area contributed by atoms with Gasteiger partial charge in [-0.15, -0.1) is 0 Å². The smallest absolute Gasteiger partial charge is 0.347 e. The van der Waals surface area contributed by atoms with Gasteiger partial charge in [-0.3, -0.25) is 4.79 Å². The minimum Gasteiger partial charge on any atom is -0.479 e. The van der Waals surface area contributed by atoms with Crippen LogP contribution in [0.1, 0.15) is 6.92 Å². The van der Waals surface area contributed by atoms with Crippen molar-refractivity contribution >= 4 is 33.5 Å². The molecule has 1 amide bonds. The van der Waals surface area contributed by atoms with Gasteiger partial charge in [0.1, 0.15) is 5.75 Å². The van der Waals surface area contributed by atoms with Crippen LogP contribution in [-0.2, 0) is 14.3 Å². The highest BCUT2D eigenvalue weighted by Gasteiger charge is 2.17. The Morgan fingerprint density at radius 3 is 2.39 bits per heavy atom. The summed E-state index contributed by atoms with van der Waals surface area (Å²) in [5.41, 5.74) is 0.646. The van der Waals surface area contributed by atoms with Crippen LogP contribution in [0.3, 0.4) is 0 Å². The Hall–Kier alpha value is -2.34. The summed E-state index contributed by atoms with van der Waals surface area (Å²) in [6, 6.07) is 16.0. The van der Waals surface area contributed by atoms with Crippen molar-refractivity contribution in [2.24, 2.45) is 0 Å². The van der Waals surface area contributed by atoms with E-state index in [0.29, 0.717) is 11.4 Å². The molecule has 2 aromatic carbocycles. The Labute approximate surface area is 142 Å². The molecule has 0 spiro atoms. The molecule has 0 saturated heterocycles.